The predicted octanol–water partition coefficient (Wildman–Crippen LogP) is 2.63. The lowest BCUT2D eigenvalue weighted by atomic mass is 10.2. The van der Waals surface area contributed by atoms with Gasteiger partial charge in [0, 0.05) is 25.7 Å². The fraction of sp³-hybridized carbons (Fsp3) is 0.682. The number of hydrogen-bond donors (Lipinski definition) is 0. The van der Waals surface area contributed by atoms with Crippen LogP contribution in [0.2, 0.25) is 0 Å². The van der Waals surface area contributed by atoms with Crippen molar-refractivity contribution in [1.82, 2.24) is 18.8 Å². The summed E-state index contributed by atoms with van der Waals surface area (Å²) in [6, 6.07) is 5.26. The molecule has 0 aliphatic carbocycles. The maximum absolute atomic E-state index is 13.1. The zero-order valence-electron chi connectivity index (χ0n) is 19.0. The zero-order chi connectivity index (χ0) is 22.9. The van der Waals surface area contributed by atoms with E-state index in [1.54, 1.807) is 16.4 Å². The molecule has 0 radical (unpaired) electrons. The van der Waals surface area contributed by atoms with Crippen LogP contribution in [0.3, 0.4) is 0 Å². The van der Waals surface area contributed by atoms with Gasteiger partial charge in [-0.1, -0.05) is 13.3 Å². The Morgan fingerprint density at radius 2 is 1.91 bits per heavy atom. The second-order valence-electron chi connectivity index (χ2n) is 8.91. The molecule has 0 saturated carbocycles. The summed E-state index contributed by atoms with van der Waals surface area (Å²) in [5.74, 6) is 1.31. The lowest BCUT2D eigenvalue weighted by Gasteiger charge is -2.27. The Morgan fingerprint density at radius 1 is 1.16 bits per heavy atom. The van der Waals surface area contributed by atoms with Crippen molar-refractivity contribution in [3.05, 3.63) is 24.0 Å². The average molecular weight is 483 g/mol. The number of piperidine rings is 1. The number of nitrogens with zero attached hydrogens (tertiary/aromatic N) is 4. The van der Waals surface area contributed by atoms with Crippen LogP contribution in [0.15, 0.2) is 23.1 Å². The maximum Gasteiger partial charge on any atom is 0.243 e. The molecule has 0 amide bonds. The molecule has 8 nitrogen and oxygen atoms in total. The summed E-state index contributed by atoms with van der Waals surface area (Å²) in [6.07, 6.45) is 4.47. The molecule has 2 fully saturated rings. The first kappa shape index (κ1) is 23.7. The third kappa shape index (κ3) is 4.73. The fourth-order valence-electron chi connectivity index (χ4n) is 4.97. The van der Waals surface area contributed by atoms with Crippen LogP contribution < -0.4 is 0 Å². The van der Waals surface area contributed by atoms with Crippen molar-refractivity contribution in [2.75, 3.05) is 31.1 Å². The van der Waals surface area contributed by atoms with Gasteiger partial charge in [0.05, 0.1) is 34.0 Å². The number of sulfonamides is 1. The van der Waals surface area contributed by atoms with Crippen LogP contribution in [0.1, 0.15) is 51.8 Å². The van der Waals surface area contributed by atoms with Gasteiger partial charge in [-0.15, -0.1) is 0 Å². The Balaban J connectivity index is 1.65. The van der Waals surface area contributed by atoms with Crippen LogP contribution in [0.4, 0.5) is 0 Å². The lowest BCUT2D eigenvalue weighted by Crippen LogP contribution is -2.37. The molecular weight excluding hydrogens is 448 g/mol. The molecule has 2 aliphatic heterocycles. The third-order valence-corrected chi connectivity index (χ3v) is 10.3. The normalized spacial score (nSPS) is 22.2. The van der Waals surface area contributed by atoms with Gasteiger partial charge in [0.2, 0.25) is 10.0 Å². The molecule has 0 bridgehead atoms. The van der Waals surface area contributed by atoms with Gasteiger partial charge in [0.1, 0.15) is 5.82 Å². The van der Waals surface area contributed by atoms with E-state index in [1.807, 2.05) is 13.0 Å². The van der Waals surface area contributed by atoms with Crippen LogP contribution in [-0.4, -0.2) is 72.8 Å². The Hall–Kier alpha value is -1.49. The molecule has 178 valence electrons. The van der Waals surface area contributed by atoms with Crippen molar-refractivity contribution in [3.63, 3.8) is 0 Å². The zero-order valence-corrected chi connectivity index (χ0v) is 20.7. The fourth-order valence-corrected chi connectivity index (χ4v) is 8.27. The summed E-state index contributed by atoms with van der Waals surface area (Å²) >= 11 is 0. The molecule has 1 atom stereocenters. The minimum Gasteiger partial charge on any atom is -0.327 e. The van der Waals surface area contributed by atoms with Crippen molar-refractivity contribution < 1.29 is 16.8 Å². The number of aromatic nitrogens is 2. The average Bonchev–Trinajstić information content (AvgIpc) is 3.32. The van der Waals surface area contributed by atoms with Gasteiger partial charge in [0.25, 0.3) is 0 Å². The van der Waals surface area contributed by atoms with E-state index in [0.717, 1.165) is 43.6 Å². The highest BCUT2D eigenvalue weighted by atomic mass is 32.2. The number of aryl methyl sites for hydroxylation is 1. The highest BCUT2D eigenvalue weighted by Gasteiger charge is 2.33. The van der Waals surface area contributed by atoms with Crippen molar-refractivity contribution >= 4 is 30.9 Å². The number of benzene rings is 1. The van der Waals surface area contributed by atoms with Crippen LogP contribution in [0.5, 0.6) is 0 Å². The Kier molecular flexibility index (Phi) is 6.95. The molecule has 0 spiro atoms. The maximum atomic E-state index is 13.1. The van der Waals surface area contributed by atoms with E-state index >= 15 is 0 Å². The van der Waals surface area contributed by atoms with E-state index in [-0.39, 0.29) is 17.5 Å². The largest absolute Gasteiger partial charge is 0.327 e. The van der Waals surface area contributed by atoms with Crippen LogP contribution in [0, 0.1) is 0 Å². The monoisotopic (exact) mass is 482 g/mol. The number of imidazole rings is 1. The third-order valence-electron chi connectivity index (χ3n) is 6.65. The van der Waals surface area contributed by atoms with Crippen molar-refractivity contribution in [3.8, 4) is 0 Å². The SMILES string of the molecule is CCCN(Cc1nc2cc(S(=O)(=O)N3CCCCC3)ccc2n1CC)C1CCS(=O)(=O)C1. The summed E-state index contributed by atoms with van der Waals surface area (Å²) < 4.78 is 54.0. The molecule has 10 heteroatoms. The summed E-state index contributed by atoms with van der Waals surface area (Å²) in [7, 11) is -6.48. The Labute approximate surface area is 191 Å². The van der Waals surface area contributed by atoms with Crippen LogP contribution in [-0.2, 0) is 33.0 Å². The first-order valence-corrected chi connectivity index (χ1v) is 14.9. The number of fused-ring (bicyclic) bond motifs is 1. The summed E-state index contributed by atoms with van der Waals surface area (Å²) in [4.78, 5) is 7.34. The molecule has 0 N–H and O–H groups in total. The molecule has 1 unspecified atom stereocenters. The smallest absolute Gasteiger partial charge is 0.243 e. The molecule has 32 heavy (non-hydrogen) atoms. The highest BCUT2D eigenvalue weighted by Crippen LogP contribution is 2.26. The minimum atomic E-state index is -3.51. The van der Waals surface area contributed by atoms with Crippen LogP contribution >= 0.6 is 0 Å². The molecule has 4 rings (SSSR count). The van der Waals surface area contributed by atoms with E-state index in [2.05, 4.69) is 16.4 Å². The quantitative estimate of drug-likeness (QED) is 0.574. The summed E-state index contributed by atoms with van der Waals surface area (Å²) in [5.41, 5.74) is 1.59. The van der Waals surface area contributed by atoms with Gasteiger partial charge in [-0.25, -0.2) is 21.8 Å². The van der Waals surface area contributed by atoms with E-state index < -0.39 is 19.9 Å². The molecule has 2 aliphatic rings. The van der Waals surface area contributed by atoms with Crippen LogP contribution in [0.25, 0.3) is 11.0 Å². The van der Waals surface area contributed by atoms with Gasteiger partial charge >= 0.3 is 0 Å². The molecule has 2 aromatic rings. The van der Waals surface area contributed by atoms with Crippen molar-refractivity contribution in [2.45, 2.75) is 70.0 Å². The molecular formula is C22H34N4O4S2. The first-order chi connectivity index (χ1) is 15.2. The van der Waals surface area contributed by atoms with E-state index in [1.165, 1.54) is 0 Å². The molecule has 1 aromatic carbocycles. The number of rotatable bonds is 8. The van der Waals surface area contributed by atoms with Gasteiger partial charge in [0.15, 0.2) is 9.84 Å². The van der Waals surface area contributed by atoms with Gasteiger partial charge in [-0.05, 0) is 57.4 Å². The van der Waals surface area contributed by atoms with Crippen molar-refractivity contribution in [2.24, 2.45) is 0 Å². The Morgan fingerprint density at radius 3 is 2.53 bits per heavy atom. The van der Waals surface area contributed by atoms with E-state index in [0.29, 0.717) is 43.0 Å². The second-order valence-corrected chi connectivity index (χ2v) is 13.1. The number of sulfone groups is 1. The standard InChI is InChI=1S/C22H34N4O4S2/c1-3-11-24(18-10-14-31(27,28)17-18)16-22-23-20-15-19(8-9-21(20)26(22)4-2)32(29,30)25-12-6-5-7-13-25/h8-9,15,18H,3-7,10-14,16-17H2,1-2H3. The highest BCUT2D eigenvalue weighted by molar-refractivity contribution is 7.91. The summed E-state index contributed by atoms with van der Waals surface area (Å²) in [5, 5.41) is 0. The molecule has 2 saturated heterocycles. The van der Waals surface area contributed by atoms with E-state index in [9.17, 15) is 16.8 Å². The second kappa shape index (κ2) is 9.40. The van der Waals surface area contributed by atoms with E-state index in [4.69, 9.17) is 4.98 Å². The number of hydrogen-bond acceptors (Lipinski definition) is 6. The topological polar surface area (TPSA) is 92.6 Å². The molecule has 3 heterocycles. The van der Waals surface area contributed by atoms with Gasteiger partial charge in [-0.2, -0.15) is 4.31 Å². The predicted molar refractivity (Wildman–Crippen MR) is 126 cm³/mol. The summed E-state index contributed by atoms with van der Waals surface area (Å²) in [6.45, 7) is 7.38. The first-order valence-electron chi connectivity index (χ1n) is 11.7. The minimum absolute atomic E-state index is 0.0140. The van der Waals surface area contributed by atoms with Gasteiger partial charge in [-0.3, -0.25) is 4.90 Å². The van der Waals surface area contributed by atoms with Crippen molar-refractivity contribution in [1.29, 1.82) is 0 Å². The van der Waals surface area contributed by atoms with Gasteiger partial charge < -0.3 is 4.57 Å². The molecule has 1 aromatic heterocycles. The Bertz CT molecular complexity index is 1170. The lowest BCUT2D eigenvalue weighted by molar-refractivity contribution is 0.196.